The lowest BCUT2D eigenvalue weighted by Crippen LogP contribution is -2.14. The summed E-state index contributed by atoms with van der Waals surface area (Å²) in [5.74, 6) is -0.796. The number of rotatable bonds is 5. The molecule has 0 aliphatic heterocycles. The van der Waals surface area contributed by atoms with Crippen LogP contribution in [0.4, 0.5) is 0 Å². The first-order valence-corrected chi connectivity index (χ1v) is 9.22. The Labute approximate surface area is 143 Å². The van der Waals surface area contributed by atoms with Crippen molar-refractivity contribution in [2.75, 3.05) is 6.61 Å². The van der Waals surface area contributed by atoms with E-state index in [1.54, 1.807) is 26.8 Å². The Hall–Kier alpha value is -2.44. The van der Waals surface area contributed by atoms with Crippen LogP contribution in [-0.4, -0.2) is 30.0 Å². The quantitative estimate of drug-likeness (QED) is 0.457. The van der Waals surface area contributed by atoms with E-state index in [2.05, 4.69) is 4.98 Å². The molecular weight excluding hydrogens is 350 g/mol. The lowest BCUT2D eigenvalue weighted by Gasteiger charge is -2.07. The molecule has 2 aromatic heterocycles. The molecule has 0 aliphatic carbocycles. The number of esters is 1. The fraction of sp³-hybridized carbons (Fsp3) is 0.267. The zero-order chi connectivity index (χ0) is 17.9. The van der Waals surface area contributed by atoms with Gasteiger partial charge in [0.2, 0.25) is 0 Å². The summed E-state index contributed by atoms with van der Waals surface area (Å²) in [6, 6.07) is 4.75. The highest BCUT2D eigenvalue weighted by Crippen LogP contribution is 2.27. The fourth-order valence-corrected chi connectivity index (χ4v) is 4.93. The number of aryl methyl sites for hydroxylation is 2. The number of aromatic nitrogens is 2. The lowest BCUT2D eigenvalue weighted by atomic mass is 10.2. The average molecular weight is 365 g/mol. The van der Waals surface area contributed by atoms with Gasteiger partial charge >= 0.3 is 5.97 Å². The lowest BCUT2D eigenvalue weighted by molar-refractivity contribution is -0.137. The monoisotopic (exact) mass is 365 g/mol. The van der Waals surface area contributed by atoms with Crippen molar-refractivity contribution < 1.29 is 17.9 Å². The van der Waals surface area contributed by atoms with E-state index in [0.717, 1.165) is 15.3 Å². The summed E-state index contributed by atoms with van der Waals surface area (Å²) in [6.07, 6.45) is 2.55. The van der Waals surface area contributed by atoms with Crippen molar-refractivity contribution in [3.05, 3.63) is 40.3 Å². The van der Waals surface area contributed by atoms with E-state index in [-0.39, 0.29) is 22.1 Å². The fourth-order valence-electron chi connectivity index (χ4n) is 2.04. The van der Waals surface area contributed by atoms with Crippen LogP contribution >= 0.6 is 11.3 Å². The molecule has 2 aromatic rings. The largest absolute Gasteiger partial charge is 0.462 e. The van der Waals surface area contributed by atoms with Crippen molar-refractivity contribution in [3.63, 3.8) is 0 Å². The van der Waals surface area contributed by atoms with Gasteiger partial charge in [-0.25, -0.2) is 13.8 Å². The highest BCUT2D eigenvalue weighted by atomic mass is 32.2. The van der Waals surface area contributed by atoms with Crippen molar-refractivity contribution in [2.24, 2.45) is 0 Å². The molecule has 0 bridgehead atoms. The first kappa shape index (κ1) is 17.9. The van der Waals surface area contributed by atoms with E-state index in [4.69, 9.17) is 10.00 Å². The van der Waals surface area contributed by atoms with E-state index in [9.17, 15) is 13.2 Å². The molecule has 0 fully saturated rings. The molecule has 24 heavy (non-hydrogen) atoms. The summed E-state index contributed by atoms with van der Waals surface area (Å²) >= 11 is 1.07. The third kappa shape index (κ3) is 3.39. The predicted octanol–water partition coefficient (Wildman–Crippen LogP) is 2.27. The van der Waals surface area contributed by atoms with Gasteiger partial charge in [-0.1, -0.05) is 0 Å². The number of hydrogen-bond donors (Lipinski definition) is 0. The molecule has 9 heteroatoms. The molecule has 0 amide bonds. The zero-order valence-electron chi connectivity index (χ0n) is 13.3. The van der Waals surface area contributed by atoms with Crippen molar-refractivity contribution in [3.8, 4) is 6.07 Å². The van der Waals surface area contributed by atoms with Gasteiger partial charge in [-0.05, 0) is 39.0 Å². The van der Waals surface area contributed by atoms with E-state index in [0.29, 0.717) is 10.7 Å². The summed E-state index contributed by atoms with van der Waals surface area (Å²) in [6.45, 7) is 5.09. The number of carbonyl (C=O) groups excluding carboxylic acids is 1. The maximum atomic E-state index is 12.8. The van der Waals surface area contributed by atoms with Crippen LogP contribution in [0.15, 0.2) is 28.1 Å². The topological polar surface area (TPSA) is 102 Å². The van der Waals surface area contributed by atoms with Gasteiger partial charge in [0.05, 0.1) is 23.0 Å². The highest BCUT2D eigenvalue weighted by Gasteiger charge is 2.24. The number of hydrogen-bond acceptors (Lipinski definition) is 7. The summed E-state index contributed by atoms with van der Waals surface area (Å²) in [7, 11) is -3.86. The van der Waals surface area contributed by atoms with E-state index in [1.807, 2.05) is 0 Å². The second-order valence-electron chi connectivity index (χ2n) is 4.73. The minimum Gasteiger partial charge on any atom is -0.462 e. The third-order valence-electron chi connectivity index (χ3n) is 3.01. The molecule has 0 aromatic carbocycles. The van der Waals surface area contributed by atoms with Crippen LogP contribution in [0.2, 0.25) is 0 Å². The molecule has 7 nitrogen and oxygen atoms in total. The normalized spacial score (nSPS) is 12.0. The Morgan fingerprint density at radius 3 is 2.75 bits per heavy atom. The van der Waals surface area contributed by atoms with E-state index in [1.165, 1.54) is 24.4 Å². The maximum Gasteiger partial charge on any atom is 0.348 e. The van der Waals surface area contributed by atoms with Crippen LogP contribution in [-0.2, 0) is 19.6 Å². The second kappa shape index (κ2) is 6.98. The number of carbonyl (C=O) groups is 1. The van der Waals surface area contributed by atoms with E-state index >= 15 is 0 Å². The first-order chi connectivity index (χ1) is 11.3. The van der Waals surface area contributed by atoms with Gasteiger partial charge in [0, 0.05) is 6.20 Å². The molecule has 2 heterocycles. The van der Waals surface area contributed by atoms with Crippen molar-refractivity contribution in [1.29, 1.82) is 5.26 Å². The highest BCUT2D eigenvalue weighted by molar-refractivity contribution is 7.92. The van der Waals surface area contributed by atoms with Crippen LogP contribution in [0, 0.1) is 25.2 Å². The minimum absolute atomic E-state index is 0.122. The van der Waals surface area contributed by atoms with E-state index < -0.39 is 16.0 Å². The van der Waals surface area contributed by atoms with Gasteiger partial charge in [-0.2, -0.15) is 13.7 Å². The standard InChI is InChI=1S/C15H15N3O4S2/c1-4-22-14(19)12(9-16)8-13-6-5-7-18(13)24(20,21)15-10(2)17-11(3)23-15/h5-8H,4H2,1-3H3. The summed E-state index contributed by atoms with van der Waals surface area (Å²) in [4.78, 5) is 15.8. The van der Waals surface area contributed by atoms with Crippen molar-refractivity contribution >= 4 is 33.4 Å². The van der Waals surface area contributed by atoms with Gasteiger partial charge in [-0.3, -0.25) is 0 Å². The molecule has 0 radical (unpaired) electrons. The zero-order valence-corrected chi connectivity index (χ0v) is 14.9. The Bertz CT molecular complexity index is 946. The SMILES string of the molecule is CCOC(=O)C(C#N)=Cc1cccn1S(=O)(=O)c1sc(C)nc1C. The molecule has 126 valence electrons. The predicted molar refractivity (Wildman–Crippen MR) is 88.8 cm³/mol. The molecule has 0 saturated heterocycles. The summed E-state index contributed by atoms with van der Waals surface area (Å²) < 4.78 is 31.6. The average Bonchev–Trinajstić information content (AvgIpc) is 3.11. The molecule has 0 N–H and O–H groups in total. The van der Waals surface area contributed by atoms with Gasteiger partial charge in [0.25, 0.3) is 10.0 Å². The molecule has 0 aliphatic rings. The Kier molecular flexibility index (Phi) is 5.21. The summed E-state index contributed by atoms with van der Waals surface area (Å²) in [5, 5.41) is 9.73. The molecular formula is C15H15N3O4S2. The minimum atomic E-state index is -3.86. The van der Waals surface area contributed by atoms with Gasteiger partial charge < -0.3 is 4.74 Å². The molecule has 0 unspecified atom stereocenters. The van der Waals surface area contributed by atoms with Crippen molar-refractivity contribution in [1.82, 2.24) is 8.96 Å². The maximum absolute atomic E-state index is 12.8. The number of thiazole rings is 1. The van der Waals surface area contributed by atoms with Gasteiger partial charge in [0.15, 0.2) is 4.21 Å². The van der Waals surface area contributed by atoms with Crippen LogP contribution in [0.5, 0.6) is 0 Å². The first-order valence-electron chi connectivity index (χ1n) is 6.97. The van der Waals surface area contributed by atoms with Crippen LogP contribution in [0.25, 0.3) is 6.08 Å². The number of nitrogens with zero attached hydrogens (tertiary/aromatic N) is 3. The molecule has 0 spiro atoms. The number of nitriles is 1. The Morgan fingerprint density at radius 1 is 1.50 bits per heavy atom. The third-order valence-corrected chi connectivity index (χ3v) is 6.37. The number of ether oxygens (including phenoxy) is 1. The molecule has 0 atom stereocenters. The summed E-state index contributed by atoms with van der Waals surface area (Å²) in [5.41, 5.74) is 0.321. The molecule has 2 rings (SSSR count). The second-order valence-corrected chi connectivity index (χ2v) is 7.94. The van der Waals surface area contributed by atoms with Crippen molar-refractivity contribution in [2.45, 2.75) is 25.0 Å². The van der Waals surface area contributed by atoms with Gasteiger partial charge in [-0.15, -0.1) is 11.3 Å². The van der Waals surface area contributed by atoms with Crippen LogP contribution < -0.4 is 0 Å². The van der Waals surface area contributed by atoms with Gasteiger partial charge in [0.1, 0.15) is 11.6 Å². The van der Waals surface area contributed by atoms with Crippen LogP contribution in [0.1, 0.15) is 23.3 Å². The van der Waals surface area contributed by atoms with Crippen LogP contribution in [0.3, 0.4) is 0 Å². The Morgan fingerprint density at radius 2 is 2.21 bits per heavy atom. The Balaban J connectivity index is 2.53. The smallest absolute Gasteiger partial charge is 0.348 e. The molecule has 0 saturated carbocycles.